The number of phenols is 1. The third-order valence-electron chi connectivity index (χ3n) is 1.77. The Kier molecular flexibility index (Phi) is 3.73. The van der Waals surface area contributed by atoms with E-state index in [2.05, 4.69) is 4.29 Å². The van der Waals surface area contributed by atoms with Crippen molar-refractivity contribution in [3.8, 4) is 5.75 Å². The molecule has 0 saturated heterocycles. The van der Waals surface area contributed by atoms with Gasteiger partial charge >= 0.3 is 5.97 Å². The van der Waals surface area contributed by atoms with Gasteiger partial charge in [-0.2, -0.15) is 0 Å². The molecule has 14 heavy (non-hydrogen) atoms. The van der Waals surface area contributed by atoms with E-state index in [1.165, 1.54) is 12.1 Å². The van der Waals surface area contributed by atoms with Crippen LogP contribution < -0.4 is 5.73 Å². The summed E-state index contributed by atoms with van der Waals surface area (Å²) in [6, 6.07) is 5.62. The van der Waals surface area contributed by atoms with Gasteiger partial charge < -0.3 is 15.1 Å². The van der Waals surface area contributed by atoms with E-state index in [0.717, 1.165) is 5.56 Å². The van der Waals surface area contributed by atoms with Gasteiger partial charge in [-0.05, 0) is 24.1 Å². The maximum absolute atomic E-state index is 10.9. The van der Waals surface area contributed by atoms with Gasteiger partial charge in [0.15, 0.2) is 0 Å². The van der Waals surface area contributed by atoms with E-state index < -0.39 is 12.0 Å². The number of rotatable bonds is 3. The van der Waals surface area contributed by atoms with Crippen molar-refractivity contribution in [1.29, 1.82) is 0 Å². The fourth-order valence-electron chi connectivity index (χ4n) is 1.03. The maximum Gasteiger partial charge on any atom is 0.341 e. The van der Waals surface area contributed by atoms with Gasteiger partial charge in [0.25, 0.3) is 0 Å². The monoisotopic (exact) mass is 215 g/mol. The molecule has 0 aliphatic rings. The number of carbonyl (C=O) groups is 1. The molecule has 1 rings (SSSR count). The summed E-state index contributed by atoms with van der Waals surface area (Å²) in [7, 11) is 0. The smallest absolute Gasteiger partial charge is 0.341 e. The molecular weight excluding hydrogens is 206 g/mol. The molecule has 1 aromatic carbocycles. The van der Waals surface area contributed by atoms with Crippen molar-refractivity contribution in [3.05, 3.63) is 29.8 Å². The number of benzene rings is 1. The summed E-state index contributed by atoms with van der Waals surface area (Å²) in [5.41, 5.74) is 6.31. The van der Waals surface area contributed by atoms with E-state index in [1.807, 2.05) is 0 Å². The summed E-state index contributed by atoms with van der Waals surface area (Å²) in [5.74, 6) is -0.498. The Balaban J connectivity index is 2.60. The molecular formula is C9H10ClNO3. The van der Waals surface area contributed by atoms with Crippen LogP contribution in [0, 0.1) is 0 Å². The van der Waals surface area contributed by atoms with E-state index in [-0.39, 0.29) is 5.75 Å². The highest BCUT2D eigenvalue weighted by Crippen LogP contribution is 2.11. The lowest BCUT2D eigenvalue weighted by atomic mass is 10.1. The Labute approximate surface area is 86.4 Å². The van der Waals surface area contributed by atoms with Crippen LogP contribution in [-0.2, 0) is 15.5 Å². The van der Waals surface area contributed by atoms with Crippen molar-refractivity contribution < 1.29 is 14.2 Å². The van der Waals surface area contributed by atoms with Crippen molar-refractivity contribution >= 4 is 17.8 Å². The standard InChI is InChI=1S/C9H10ClNO3/c10-14-9(13)8(11)5-6-1-3-7(12)4-2-6/h1-4,8,12H,5,11H2/t8-/m0/s1. The minimum absolute atomic E-state index is 0.169. The van der Waals surface area contributed by atoms with Gasteiger partial charge in [0, 0.05) is 0 Å². The highest BCUT2D eigenvalue weighted by atomic mass is 35.5. The quantitative estimate of drug-likeness (QED) is 0.788. The molecule has 0 saturated carbocycles. The Bertz CT molecular complexity index is 312. The van der Waals surface area contributed by atoms with Crippen LogP contribution in [0.3, 0.4) is 0 Å². The van der Waals surface area contributed by atoms with Crippen molar-refractivity contribution in [2.24, 2.45) is 5.73 Å². The van der Waals surface area contributed by atoms with Gasteiger partial charge in [0.05, 0.1) is 0 Å². The molecule has 0 heterocycles. The number of hydrogen-bond acceptors (Lipinski definition) is 4. The molecule has 1 aromatic rings. The lowest BCUT2D eigenvalue weighted by Gasteiger charge is -2.07. The number of phenolic OH excluding ortho intramolecular Hbond substituents is 1. The van der Waals surface area contributed by atoms with Gasteiger partial charge in [0.2, 0.25) is 0 Å². The Morgan fingerprint density at radius 3 is 2.57 bits per heavy atom. The predicted molar refractivity (Wildman–Crippen MR) is 51.7 cm³/mol. The van der Waals surface area contributed by atoms with Crippen LogP contribution in [0.15, 0.2) is 24.3 Å². The summed E-state index contributed by atoms with van der Waals surface area (Å²) in [6.45, 7) is 0. The fraction of sp³-hybridized carbons (Fsp3) is 0.222. The van der Waals surface area contributed by atoms with Crippen molar-refractivity contribution in [2.75, 3.05) is 0 Å². The lowest BCUT2D eigenvalue weighted by molar-refractivity contribution is -0.135. The summed E-state index contributed by atoms with van der Waals surface area (Å²) in [5, 5.41) is 9.00. The van der Waals surface area contributed by atoms with E-state index >= 15 is 0 Å². The molecule has 0 unspecified atom stereocenters. The first-order valence-electron chi connectivity index (χ1n) is 3.99. The van der Waals surface area contributed by atoms with Gasteiger partial charge in [-0.25, -0.2) is 4.79 Å². The highest BCUT2D eigenvalue weighted by Gasteiger charge is 2.14. The van der Waals surface area contributed by atoms with Crippen molar-refractivity contribution in [2.45, 2.75) is 12.5 Å². The second-order valence-corrected chi connectivity index (χ2v) is 3.03. The zero-order valence-corrected chi connectivity index (χ0v) is 8.07. The van der Waals surface area contributed by atoms with Crippen LogP contribution in [0.5, 0.6) is 5.75 Å². The first-order chi connectivity index (χ1) is 6.63. The van der Waals surface area contributed by atoms with E-state index in [9.17, 15) is 4.79 Å². The molecule has 1 atom stereocenters. The van der Waals surface area contributed by atoms with Crippen LogP contribution in [0.2, 0.25) is 0 Å². The molecule has 5 heteroatoms. The van der Waals surface area contributed by atoms with Crippen LogP contribution in [0.4, 0.5) is 0 Å². The molecule has 0 fully saturated rings. The largest absolute Gasteiger partial charge is 0.508 e. The highest BCUT2D eigenvalue weighted by molar-refractivity contribution is 6.13. The number of aromatic hydroxyl groups is 1. The molecule has 0 aromatic heterocycles. The Morgan fingerprint density at radius 1 is 1.50 bits per heavy atom. The average Bonchev–Trinajstić information content (AvgIpc) is 2.20. The minimum atomic E-state index is -0.781. The molecule has 76 valence electrons. The number of nitrogens with two attached hydrogens (primary N) is 1. The van der Waals surface area contributed by atoms with Gasteiger partial charge in [-0.1, -0.05) is 12.1 Å². The summed E-state index contributed by atoms with van der Waals surface area (Å²) < 4.78 is 3.97. The molecule has 4 nitrogen and oxygen atoms in total. The zero-order valence-electron chi connectivity index (χ0n) is 7.31. The third kappa shape index (κ3) is 2.90. The van der Waals surface area contributed by atoms with E-state index in [4.69, 9.17) is 22.7 Å². The minimum Gasteiger partial charge on any atom is -0.508 e. The van der Waals surface area contributed by atoms with Crippen LogP contribution in [0.25, 0.3) is 0 Å². The normalized spacial score (nSPS) is 12.1. The molecule has 0 aliphatic carbocycles. The molecule has 0 spiro atoms. The Morgan fingerprint density at radius 2 is 2.07 bits per heavy atom. The van der Waals surface area contributed by atoms with Crippen LogP contribution in [-0.4, -0.2) is 17.1 Å². The van der Waals surface area contributed by atoms with E-state index in [0.29, 0.717) is 6.42 Å². The van der Waals surface area contributed by atoms with Crippen LogP contribution >= 0.6 is 11.9 Å². The van der Waals surface area contributed by atoms with E-state index in [1.54, 1.807) is 12.1 Å². The van der Waals surface area contributed by atoms with Crippen LogP contribution in [0.1, 0.15) is 5.56 Å². The zero-order chi connectivity index (χ0) is 10.6. The average molecular weight is 216 g/mol. The van der Waals surface area contributed by atoms with Gasteiger partial charge in [-0.3, -0.25) is 0 Å². The van der Waals surface area contributed by atoms with Gasteiger partial charge in [0.1, 0.15) is 23.7 Å². The number of halogens is 1. The maximum atomic E-state index is 10.9. The lowest BCUT2D eigenvalue weighted by Crippen LogP contribution is -2.32. The second kappa shape index (κ2) is 4.83. The summed E-state index contributed by atoms with van der Waals surface area (Å²) in [6.07, 6.45) is 0.325. The molecule has 3 N–H and O–H groups in total. The second-order valence-electron chi connectivity index (χ2n) is 2.87. The first-order valence-corrected chi connectivity index (χ1v) is 4.30. The molecule has 0 amide bonds. The number of carbonyl (C=O) groups excluding carboxylic acids is 1. The molecule has 0 bridgehead atoms. The topological polar surface area (TPSA) is 72.5 Å². The number of hydrogen-bond donors (Lipinski definition) is 2. The van der Waals surface area contributed by atoms with Crippen molar-refractivity contribution in [1.82, 2.24) is 0 Å². The fourth-order valence-corrected chi connectivity index (χ4v) is 1.14. The SMILES string of the molecule is N[C@@H](Cc1ccc(O)cc1)C(=O)OCl. The third-order valence-corrected chi connectivity index (χ3v) is 1.92. The first kappa shape index (κ1) is 10.8. The van der Waals surface area contributed by atoms with Crippen molar-refractivity contribution in [3.63, 3.8) is 0 Å². The molecule has 0 radical (unpaired) electrons. The Hall–Kier alpha value is -1.26. The van der Waals surface area contributed by atoms with Gasteiger partial charge in [-0.15, -0.1) is 0 Å². The summed E-state index contributed by atoms with van der Waals surface area (Å²) in [4.78, 5) is 10.9. The summed E-state index contributed by atoms with van der Waals surface area (Å²) >= 11 is 4.87. The molecule has 0 aliphatic heterocycles. The predicted octanol–water partition coefficient (Wildman–Crippen LogP) is 0.959.